The van der Waals surface area contributed by atoms with Crippen LogP contribution in [-0.2, 0) is 4.74 Å². The fraction of sp³-hybridized carbons (Fsp3) is 1.00. The third kappa shape index (κ3) is 2.27. The average molecular weight is 198 g/mol. The lowest BCUT2D eigenvalue weighted by Gasteiger charge is -2.32. The zero-order chi connectivity index (χ0) is 9.97. The molecule has 0 saturated carbocycles. The Morgan fingerprint density at radius 1 is 1.50 bits per heavy atom. The van der Waals surface area contributed by atoms with E-state index >= 15 is 0 Å². The Hall–Kier alpha value is -0.120. The van der Waals surface area contributed by atoms with E-state index in [-0.39, 0.29) is 0 Å². The lowest BCUT2D eigenvalue weighted by Crippen LogP contribution is -2.47. The molecule has 0 aromatic heterocycles. The predicted molar refractivity (Wildman–Crippen MR) is 57.1 cm³/mol. The summed E-state index contributed by atoms with van der Waals surface area (Å²) in [6.45, 7) is 10.2. The maximum absolute atomic E-state index is 5.83. The number of hydrogen-bond donors (Lipinski definition) is 1. The molecule has 3 unspecified atom stereocenters. The molecule has 82 valence electrons. The summed E-state index contributed by atoms with van der Waals surface area (Å²) in [5.74, 6) is 1.39. The van der Waals surface area contributed by atoms with Crippen molar-refractivity contribution in [2.45, 2.75) is 26.5 Å². The minimum atomic E-state index is 0.322. The minimum absolute atomic E-state index is 0.322. The van der Waals surface area contributed by atoms with Gasteiger partial charge in [-0.05, 0) is 25.4 Å². The van der Waals surface area contributed by atoms with E-state index in [0.717, 1.165) is 13.2 Å². The second kappa shape index (κ2) is 4.60. The second-order valence-corrected chi connectivity index (χ2v) is 4.71. The van der Waals surface area contributed by atoms with Gasteiger partial charge < -0.3 is 9.64 Å². The van der Waals surface area contributed by atoms with Crippen molar-refractivity contribution in [3.05, 3.63) is 0 Å². The van der Waals surface area contributed by atoms with Crippen molar-refractivity contribution in [3.63, 3.8) is 0 Å². The Morgan fingerprint density at radius 3 is 2.93 bits per heavy atom. The van der Waals surface area contributed by atoms with Crippen LogP contribution in [0.3, 0.4) is 0 Å². The zero-order valence-electron chi connectivity index (χ0n) is 9.33. The first-order valence-electron chi connectivity index (χ1n) is 5.87. The van der Waals surface area contributed by atoms with E-state index < -0.39 is 0 Å². The Balaban J connectivity index is 1.79. The number of likely N-dealkylation sites (tertiary alicyclic amines) is 1. The molecular weight excluding hydrogens is 176 g/mol. The highest BCUT2D eigenvalue weighted by molar-refractivity contribution is 4.82. The maximum Gasteiger partial charge on any atom is 0.112 e. The first-order valence-corrected chi connectivity index (χ1v) is 5.87. The van der Waals surface area contributed by atoms with Crippen molar-refractivity contribution in [1.82, 2.24) is 10.2 Å². The summed E-state index contributed by atoms with van der Waals surface area (Å²) in [4.78, 5) is 2.51. The molecule has 3 nitrogen and oxygen atoms in total. The fourth-order valence-corrected chi connectivity index (χ4v) is 2.40. The Kier molecular flexibility index (Phi) is 3.42. The van der Waals surface area contributed by atoms with Crippen molar-refractivity contribution >= 4 is 0 Å². The van der Waals surface area contributed by atoms with Gasteiger partial charge in [-0.1, -0.05) is 13.8 Å². The van der Waals surface area contributed by atoms with Crippen LogP contribution in [0.15, 0.2) is 0 Å². The molecular formula is C11H22N2O. The molecule has 2 heterocycles. The Morgan fingerprint density at radius 2 is 2.36 bits per heavy atom. The maximum atomic E-state index is 5.83. The quantitative estimate of drug-likeness (QED) is 0.714. The summed E-state index contributed by atoms with van der Waals surface area (Å²) < 4.78 is 5.83. The highest BCUT2D eigenvalue weighted by Gasteiger charge is 2.31. The number of hydrogen-bond acceptors (Lipinski definition) is 3. The number of ether oxygens (including phenoxy) is 1. The molecule has 14 heavy (non-hydrogen) atoms. The smallest absolute Gasteiger partial charge is 0.112 e. The van der Waals surface area contributed by atoms with E-state index in [4.69, 9.17) is 4.74 Å². The largest absolute Gasteiger partial charge is 0.363 e. The number of rotatable bonds is 2. The summed E-state index contributed by atoms with van der Waals surface area (Å²) in [6, 6.07) is 0. The van der Waals surface area contributed by atoms with Crippen LogP contribution in [0.2, 0.25) is 0 Å². The molecule has 3 atom stereocenters. The molecule has 0 radical (unpaired) electrons. The molecule has 0 bridgehead atoms. The molecule has 0 amide bonds. The lowest BCUT2D eigenvalue weighted by atomic mass is 10.0. The van der Waals surface area contributed by atoms with Gasteiger partial charge in [0.25, 0.3) is 0 Å². The van der Waals surface area contributed by atoms with E-state index in [1.807, 2.05) is 0 Å². The van der Waals surface area contributed by atoms with Crippen molar-refractivity contribution in [2.24, 2.45) is 11.8 Å². The molecule has 1 N–H and O–H groups in total. The van der Waals surface area contributed by atoms with E-state index in [2.05, 4.69) is 24.1 Å². The number of nitrogens with one attached hydrogen (secondary N) is 1. The predicted octanol–water partition coefficient (Wildman–Crippen LogP) is 0.910. The van der Waals surface area contributed by atoms with Gasteiger partial charge in [-0.3, -0.25) is 5.32 Å². The molecule has 2 aliphatic rings. The molecule has 2 rings (SSSR count). The van der Waals surface area contributed by atoms with Crippen LogP contribution in [0.4, 0.5) is 0 Å². The molecule has 0 spiro atoms. The SMILES string of the molecule is CCN1CCC(C2NCC(C)CO2)C1. The van der Waals surface area contributed by atoms with Crippen LogP contribution in [0, 0.1) is 11.8 Å². The summed E-state index contributed by atoms with van der Waals surface area (Å²) in [5, 5.41) is 3.51. The third-order valence-electron chi connectivity index (χ3n) is 3.41. The summed E-state index contributed by atoms with van der Waals surface area (Å²) in [7, 11) is 0. The van der Waals surface area contributed by atoms with Crippen molar-refractivity contribution in [1.29, 1.82) is 0 Å². The van der Waals surface area contributed by atoms with Gasteiger partial charge >= 0.3 is 0 Å². The van der Waals surface area contributed by atoms with Gasteiger partial charge in [0.1, 0.15) is 6.23 Å². The summed E-state index contributed by atoms with van der Waals surface area (Å²) in [5.41, 5.74) is 0. The molecule has 2 aliphatic heterocycles. The van der Waals surface area contributed by atoms with Gasteiger partial charge in [0.15, 0.2) is 0 Å². The van der Waals surface area contributed by atoms with Crippen molar-refractivity contribution < 1.29 is 4.74 Å². The number of nitrogens with zero attached hydrogens (tertiary/aromatic N) is 1. The van der Waals surface area contributed by atoms with Crippen LogP contribution in [0.25, 0.3) is 0 Å². The standard InChI is InChI=1S/C11H22N2O/c1-3-13-5-4-10(7-13)11-12-6-9(2)8-14-11/h9-12H,3-8H2,1-2H3. The van der Waals surface area contributed by atoms with Gasteiger partial charge in [0.2, 0.25) is 0 Å². The van der Waals surface area contributed by atoms with Crippen molar-refractivity contribution in [2.75, 3.05) is 32.8 Å². The van der Waals surface area contributed by atoms with Gasteiger partial charge in [-0.25, -0.2) is 0 Å². The molecule has 0 aromatic rings. The summed E-state index contributed by atoms with van der Waals surface area (Å²) >= 11 is 0. The van der Waals surface area contributed by atoms with E-state index in [0.29, 0.717) is 18.1 Å². The first kappa shape index (κ1) is 10.4. The fourth-order valence-electron chi connectivity index (χ4n) is 2.40. The topological polar surface area (TPSA) is 24.5 Å². The molecule has 0 aromatic carbocycles. The van der Waals surface area contributed by atoms with Crippen LogP contribution < -0.4 is 5.32 Å². The highest BCUT2D eigenvalue weighted by Crippen LogP contribution is 2.22. The second-order valence-electron chi connectivity index (χ2n) is 4.71. The first-order chi connectivity index (χ1) is 6.79. The molecule has 2 saturated heterocycles. The third-order valence-corrected chi connectivity index (χ3v) is 3.41. The van der Waals surface area contributed by atoms with E-state index in [1.165, 1.54) is 26.1 Å². The Bertz CT molecular complexity index is 178. The summed E-state index contributed by atoms with van der Waals surface area (Å²) in [6.07, 6.45) is 1.61. The van der Waals surface area contributed by atoms with E-state index in [1.54, 1.807) is 0 Å². The van der Waals surface area contributed by atoms with Gasteiger partial charge in [0, 0.05) is 19.0 Å². The average Bonchev–Trinajstić information content (AvgIpc) is 2.67. The van der Waals surface area contributed by atoms with Crippen LogP contribution in [-0.4, -0.2) is 43.9 Å². The normalized spacial score (nSPS) is 40.3. The Labute approximate surface area is 86.8 Å². The van der Waals surface area contributed by atoms with Crippen LogP contribution >= 0.6 is 0 Å². The molecule has 3 heteroatoms. The monoisotopic (exact) mass is 198 g/mol. The van der Waals surface area contributed by atoms with Crippen molar-refractivity contribution in [3.8, 4) is 0 Å². The lowest BCUT2D eigenvalue weighted by molar-refractivity contribution is -0.0538. The van der Waals surface area contributed by atoms with Crippen LogP contribution in [0.5, 0.6) is 0 Å². The van der Waals surface area contributed by atoms with Crippen LogP contribution in [0.1, 0.15) is 20.3 Å². The minimum Gasteiger partial charge on any atom is -0.363 e. The van der Waals surface area contributed by atoms with E-state index in [9.17, 15) is 0 Å². The van der Waals surface area contributed by atoms with Gasteiger partial charge in [-0.15, -0.1) is 0 Å². The van der Waals surface area contributed by atoms with Gasteiger partial charge in [0.05, 0.1) is 6.61 Å². The highest BCUT2D eigenvalue weighted by atomic mass is 16.5. The zero-order valence-corrected chi connectivity index (χ0v) is 9.33. The van der Waals surface area contributed by atoms with Gasteiger partial charge in [-0.2, -0.15) is 0 Å². The molecule has 0 aliphatic carbocycles. The molecule has 2 fully saturated rings.